The molecule has 0 saturated carbocycles. The molecule has 0 radical (unpaired) electrons. The van der Waals surface area contributed by atoms with Gasteiger partial charge in [0.15, 0.2) is 0 Å². The van der Waals surface area contributed by atoms with E-state index in [0.717, 1.165) is 24.4 Å². The van der Waals surface area contributed by atoms with Crippen LogP contribution in [0.5, 0.6) is 0 Å². The number of carbonyl (C=O) groups excluding carboxylic acids is 1. The van der Waals surface area contributed by atoms with Gasteiger partial charge in [0, 0.05) is 36.4 Å². The molecule has 30 heavy (non-hydrogen) atoms. The fourth-order valence-corrected chi connectivity index (χ4v) is 5.55. The molecule has 2 aromatic rings. The molecule has 2 N–H and O–H groups in total. The molecule has 2 atom stereocenters. The van der Waals surface area contributed by atoms with Crippen LogP contribution in [0, 0.1) is 0 Å². The number of nitrogens with zero attached hydrogens (tertiary/aromatic N) is 1. The summed E-state index contributed by atoms with van der Waals surface area (Å²) in [6.07, 6.45) is 0.323. The third-order valence-electron chi connectivity index (χ3n) is 5.12. The number of hydrogen-bond acceptors (Lipinski definition) is 6. The minimum atomic E-state index is -3.60. The largest absolute Gasteiger partial charge is 0.373 e. The van der Waals surface area contributed by atoms with Crippen molar-refractivity contribution in [3.8, 4) is 0 Å². The molecule has 0 unspecified atom stereocenters. The van der Waals surface area contributed by atoms with Gasteiger partial charge in [-0.2, -0.15) is 0 Å². The summed E-state index contributed by atoms with van der Waals surface area (Å²) < 4.78 is 33.2. The SMILES string of the molecule is C[C@@H]1CN(C(C)(C)CNC(=O)c2ccc(NS(=O)(=O)c3cccs3)cc2)C[C@@H](C)O1. The van der Waals surface area contributed by atoms with Gasteiger partial charge in [0.05, 0.1) is 12.2 Å². The van der Waals surface area contributed by atoms with Gasteiger partial charge in [0.25, 0.3) is 15.9 Å². The number of thiophene rings is 1. The number of amides is 1. The summed E-state index contributed by atoms with van der Waals surface area (Å²) in [5.74, 6) is -0.190. The third-order valence-corrected chi connectivity index (χ3v) is 7.90. The molecule has 1 aromatic heterocycles. The van der Waals surface area contributed by atoms with Crippen molar-refractivity contribution in [2.24, 2.45) is 0 Å². The van der Waals surface area contributed by atoms with E-state index in [1.165, 1.54) is 0 Å². The van der Waals surface area contributed by atoms with Gasteiger partial charge in [0.1, 0.15) is 4.21 Å². The Bertz CT molecular complexity index is 947. The van der Waals surface area contributed by atoms with Gasteiger partial charge in [-0.15, -0.1) is 11.3 Å². The van der Waals surface area contributed by atoms with Crippen LogP contribution in [0.2, 0.25) is 0 Å². The maximum atomic E-state index is 12.6. The van der Waals surface area contributed by atoms with Crippen LogP contribution in [0.3, 0.4) is 0 Å². The Labute approximate surface area is 182 Å². The average molecular weight is 452 g/mol. The Morgan fingerprint density at radius 1 is 1.17 bits per heavy atom. The maximum absolute atomic E-state index is 12.6. The highest BCUT2D eigenvalue weighted by molar-refractivity contribution is 7.94. The molecule has 1 saturated heterocycles. The van der Waals surface area contributed by atoms with E-state index in [1.807, 2.05) is 0 Å². The second kappa shape index (κ2) is 9.05. The van der Waals surface area contributed by atoms with Crippen LogP contribution in [0.4, 0.5) is 5.69 Å². The quantitative estimate of drug-likeness (QED) is 0.675. The normalized spacial score (nSPS) is 20.7. The van der Waals surface area contributed by atoms with Gasteiger partial charge in [-0.25, -0.2) is 8.42 Å². The molecule has 7 nitrogen and oxygen atoms in total. The molecule has 1 fully saturated rings. The first-order chi connectivity index (χ1) is 14.1. The second-order valence-electron chi connectivity index (χ2n) is 8.27. The maximum Gasteiger partial charge on any atom is 0.271 e. The predicted molar refractivity (Wildman–Crippen MR) is 120 cm³/mol. The Morgan fingerprint density at radius 3 is 2.37 bits per heavy atom. The Morgan fingerprint density at radius 2 is 1.80 bits per heavy atom. The lowest BCUT2D eigenvalue weighted by atomic mass is 10.00. The molecule has 2 heterocycles. The highest BCUT2D eigenvalue weighted by Gasteiger charge is 2.33. The van der Waals surface area contributed by atoms with Gasteiger partial charge in [-0.3, -0.25) is 14.4 Å². The van der Waals surface area contributed by atoms with Gasteiger partial charge in [0.2, 0.25) is 0 Å². The van der Waals surface area contributed by atoms with Gasteiger partial charge >= 0.3 is 0 Å². The van der Waals surface area contributed by atoms with E-state index in [9.17, 15) is 13.2 Å². The van der Waals surface area contributed by atoms with Crippen molar-refractivity contribution in [1.29, 1.82) is 0 Å². The van der Waals surface area contributed by atoms with E-state index in [4.69, 9.17) is 4.74 Å². The zero-order valence-electron chi connectivity index (χ0n) is 17.7. The van der Waals surface area contributed by atoms with Crippen molar-refractivity contribution in [3.63, 3.8) is 0 Å². The number of nitrogens with one attached hydrogen (secondary N) is 2. The van der Waals surface area contributed by atoms with E-state index < -0.39 is 10.0 Å². The summed E-state index contributed by atoms with van der Waals surface area (Å²) in [5.41, 5.74) is 0.684. The standard InChI is InChI=1S/C21H29N3O4S2/c1-15-12-24(13-16(2)28-15)21(3,4)14-22-20(25)17-7-9-18(10-8-17)23-30(26,27)19-6-5-11-29-19/h5-11,15-16,23H,12-14H2,1-4H3,(H,22,25)/t15-,16-/m1/s1. The molecule has 164 valence electrons. The molecular formula is C21H29N3O4S2. The summed E-state index contributed by atoms with van der Waals surface area (Å²) in [4.78, 5) is 14.9. The number of hydrogen-bond donors (Lipinski definition) is 2. The molecule has 9 heteroatoms. The summed E-state index contributed by atoms with van der Waals surface area (Å²) in [6, 6.07) is 9.66. The van der Waals surface area contributed by atoms with E-state index in [-0.39, 0.29) is 27.9 Å². The van der Waals surface area contributed by atoms with Crippen LogP contribution in [-0.4, -0.2) is 56.6 Å². The molecule has 0 bridgehead atoms. The number of anilines is 1. The summed E-state index contributed by atoms with van der Waals surface area (Å²) >= 11 is 1.15. The minimum Gasteiger partial charge on any atom is -0.373 e. The van der Waals surface area contributed by atoms with Crippen LogP contribution < -0.4 is 10.0 Å². The van der Waals surface area contributed by atoms with Crippen LogP contribution in [0.1, 0.15) is 38.1 Å². The Balaban J connectivity index is 1.58. The predicted octanol–water partition coefficient (Wildman–Crippen LogP) is 3.17. The van der Waals surface area contributed by atoms with Crippen molar-refractivity contribution in [2.75, 3.05) is 24.4 Å². The van der Waals surface area contributed by atoms with Gasteiger partial charge < -0.3 is 10.1 Å². The van der Waals surface area contributed by atoms with Crippen LogP contribution in [0.25, 0.3) is 0 Å². The number of ether oxygens (including phenoxy) is 1. The lowest BCUT2D eigenvalue weighted by Crippen LogP contribution is -2.58. The number of rotatable bonds is 7. The fraction of sp³-hybridized carbons (Fsp3) is 0.476. The number of benzene rings is 1. The van der Waals surface area contributed by atoms with E-state index in [1.54, 1.807) is 41.8 Å². The van der Waals surface area contributed by atoms with Gasteiger partial charge in [-0.05, 0) is 63.4 Å². The zero-order chi connectivity index (χ0) is 21.9. The van der Waals surface area contributed by atoms with Gasteiger partial charge in [-0.1, -0.05) is 6.07 Å². The second-order valence-corrected chi connectivity index (χ2v) is 11.1. The molecule has 0 spiro atoms. The molecule has 1 aliphatic heterocycles. The lowest BCUT2D eigenvalue weighted by Gasteiger charge is -2.45. The number of sulfonamides is 1. The fourth-order valence-electron chi connectivity index (χ4n) is 3.49. The molecule has 1 aromatic carbocycles. The van der Waals surface area contributed by atoms with Crippen molar-refractivity contribution in [3.05, 3.63) is 47.3 Å². The summed E-state index contributed by atoms with van der Waals surface area (Å²) in [6.45, 7) is 10.5. The monoisotopic (exact) mass is 451 g/mol. The average Bonchev–Trinajstić information content (AvgIpc) is 3.22. The summed E-state index contributed by atoms with van der Waals surface area (Å²) in [7, 11) is -3.60. The van der Waals surface area contributed by atoms with Crippen molar-refractivity contribution in [2.45, 2.75) is 49.7 Å². The number of morpholine rings is 1. The van der Waals surface area contributed by atoms with Crippen molar-refractivity contribution in [1.82, 2.24) is 10.2 Å². The molecule has 1 amide bonds. The molecule has 1 aliphatic rings. The topological polar surface area (TPSA) is 87.7 Å². The third kappa shape index (κ3) is 5.60. The minimum absolute atomic E-state index is 0.161. The first-order valence-electron chi connectivity index (χ1n) is 9.92. The zero-order valence-corrected chi connectivity index (χ0v) is 19.3. The first kappa shape index (κ1) is 22.7. The first-order valence-corrected chi connectivity index (χ1v) is 12.3. The molecule has 0 aliphatic carbocycles. The number of carbonyl (C=O) groups is 1. The van der Waals surface area contributed by atoms with E-state index in [0.29, 0.717) is 17.8 Å². The van der Waals surface area contributed by atoms with Crippen LogP contribution in [-0.2, 0) is 14.8 Å². The summed E-state index contributed by atoms with van der Waals surface area (Å²) in [5, 5.41) is 4.71. The van der Waals surface area contributed by atoms with E-state index >= 15 is 0 Å². The van der Waals surface area contributed by atoms with Crippen molar-refractivity contribution >= 4 is 33.0 Å². The van der Waals surface area contributed by atoms with E-state index in [2.05, 4.69) is 42.6 Å². The Hall–Kier alpha value is -1.94. The lowest BCUT2D eigenvalue weighted by molar-refractivity contribution is -0.0948. The highest BCUT2D eigenvalue weighted by Crippen LogP contribution is 2.22. The Kier molecular flexibility index (Phi) is 6.86. The van der Waals surface area contributed by atoms with Crippen LogP contribution >= 0.6 is 11.3 Å². The van der Waals surface area contributed by atoms with Crippen LogP contribution in [0.15, 0.2) is 46.0 Å². The molecular weight excluding hydrogens is 422 g/mol. The van der Waals surface area contributed by atoms with Crippen molar-refractivity contribution < 1.29 is 17.9 Å². The smallest absolute Gasteiger partial charge is 0.271 e. The highest BCUT2D eigenvalue weighted by atomic mass is 32.2. The molecule has 3 rings (SSSR count).